The number of rotatable bonds is 6. The van der Waals surface area contributed by atoms with E-state index in [9.17, 15) is 4.79 Å². The second-order valence-corrected chi connectivity index (χ2v) is 5.76. The van der Waals surface area contributed by atoms with Crippen LogP contribution in [0.25, 0.3) is 0 Å². The first kappa shape index (κ1) is 14.7. The van der Waals surface area contributed by atoms with E-state index in [0.717, 1.165) is 24.3 Å². The van der Waals surface area contributed by atoms with Gasteiger partial charge in [0.05, 0.1) is 13.7 Å². The monoisotopic (exact) mass is 277 g/mol. The van der Waals surface area contributed by atoms with Crippen LogP contribution in [-0.4, -0.2) is 25.2 Å². The molecule has 1 aromatic carbocycles. The molecule has 1 saturated carbocycles. The summed E-state index contributed by atoms with van der Waals surface area (Å²) in [7, 11) is 1.64. The van der Waals surface area contributed by atoms with Gasteiger partial charge < -0.3 is 14.8 Å². The van der Waals surface area contributed by atoms with E-state index in [-0.39, 0.29) is 11.4 Å². The molecule has 1 N–H and O–H groups in total. The van der Waals surface area contributed by atoms with Gasteiger partial charge in [-0.15, -0.1) is 0 Å². The summed E-state index contributed by atoms with van der Waals surface area (Å²) in [6, 6.07) is 7.59. The maximum Gasteiger partial charge on any atom is 0.332 e. The van der Waals surface area contributed by atoms with E-state index in [1.807, 2.05) is 38.1 Å². The van der Waals surface area contributed by atoms with Gasteiger partial charge >= 0.3 is 5.97 Å². The van der Waals surface area contributed by atoms with Gasteiger partial charge in [-0.2, -0.15) is 0 Å². The molecule has 0 spiro atoms. The van der Waals surface area contributed by atoms with Crippen molar-refractivity contribution in [3.8, 4) is 5.75 Å². The van der Waals surface area contributed by atoms with Crippen molar-refractivity contribution in [3.63, 3.8) is 0 Å². The standard InChI is InChI=1S/C16H23NO3/c1-5-20-14(18)16(3,15(2)10-11-15)17-12-6-8-13(19-4)9-7-12/h6-9,17H,5,10-11H2,1-4H3. The van der Waals surface area contributed by atoms with Gasteiger partial charge in [-0.3, -0.25) is 0 Å². The lowest BCUT2D eigenvalue weighted by atomic mass is 9.83. The van der Waals surface area contributed by atoms with Crippen LogP contribution in [0.15, 0.2) is 24.3 Å². The highest BCUT2D eigenvalue weighted by atomic mass is 16.5. The number of methoxy groups -OCH3 is 1. The third kappa shape index (κ3) is 2.60. The lowest BCUT2D eigenvalue weighted by Crippen LogP contribution is -2.51. The van der Waals surface area contributed by atoms with Crippen LogP contribution < -0.4 is 10.1 Å². The largest absolute Gasteiger partial charge is 0.497 e. The summed E-state index contributed by atoms with van der Waals surface area (Å²) in [6.07, 6.45) is 2.07. The zero-order chi connectivity index (χ0) is 14.8. The first-order valence-corrected chi connectivity index (χ1v) is 7.04. The number of ether oxygens (including phenoxy) is 2. The van der Waals surface area contributed by atoms with Crippen LogP contribution in [0.2, 0.25) is 0 Å². The molecular formula is C16H23NO3. The Bertz CT molecular complexity index is 479. The maximum absolute atomic E-state index is 12.4. The summed E-state index contributed by atoms with van der Waals surface area (Å²) < 4.78 is 10.4. The summed E-state index contributed by atoms with van der Waals surface area (Å²) in [5.41, 5.74) is 0.158. The minimum atomic E-state index is -0.697. The predicted molar refractivity (Wildman–Crippen MR) is 79.0 cm³/mol. The number of carbonyl (C=O) groups excluding carboxylic acids is 1. The highest BCUT2D eigenvalue weighted by Crippen LogP contribution is 2.55. The first-order chi connectivity index (χ1) is 9.45. The Labute approximate surface area is 120 Å². The molecule has 110 valence electrons. The van der Waals surface area contributed by atoms with E-state index in [0.29, 0.717) is 6.61 Å². The average molecular weight is 277 g/mol. The van der Waals surface area contributed by atoms with E-state index in [1.54, 1.807) is 7.11 Å². The molecule has 0 aliphatic heterocycles. The van der Waals surface area contributed by atoms with E-state index < -0.39 is 5.54 Å². The lowest BCUT2D eigenvalue weighted by molar-refractivity contribution is -0.150. The Hall–Kier alpha value is -1.71. The van der Waals surface area contributed by atoms with Gasteiger partial charge in [0, 0.05) is 11.1 Å². The van der Waals surface area contributed by atoms with Crippen molar-refractivity contribution >= 4 is 11.7 Å². The van der Waals surface area contributed by atoms with E-state index in [4.69, 9.17) is 9.47 Å². The highest BCUT2D eigenvalue weighted by Gasteiger charge is 2.58. The molecule has 4 heteroatoms. The summed E-state index contributed by atoms with van der Waals surface area (Å²) in [4.78, 5) is 12.4. The third-order valence-electron chi connectivity index (χ3n) is 4.38. The van der Waals surface area contributed by atoms with Crippen molar-refractivity contribution in [3.05, 3.63) is 24.3 Å². The maximum atomic E-state index is 12.4. The Balaban J connectivity index is 2.21. The van der Waals surface area contributed by atoms with Crippen molar-refractivity contribution < 1.29 is 14.3 Å². The number of anilines is 1. The smallest absolute Gasteiger partial charge is 0.332 e. The van der Waals surface area contributed by atoms with Crippen molar-refractivity contribution in [2.75, 3.05) is 19.0 Å². The fraction of sp³-hybridized carbons (Fsp3) is 0.562. The molecule has 0 amide bonds. The van der Waals surface area contributed by atoms with Gasteiger partial charge in [-0.05, 0) is 51.0 Å². The lowest BCUT2D eigenvalue weighted by Gasteiger charge is -2.35. The fourth-order valence-corrected chi connectivity index (χ4v) is 2.37. The van der Waals surface area contributed by atoms with Gasteiger partial charge in [0.1, 0.15) is 11.3 Å². The molecule has 1 aromatic rings. The molecule has 0 aromatic heterocycles. The molecule has 1 aliphatic rings. The topological polar surface area (TPSA) is 47.6 Å². The van der Waals surface area contributed by atoms with Gasteiger partial charge in [0.2, 0.25) is 0 Å². The summed E-state index contributed by atoms with van der Waals surface area (Å²) in [5, 5.41) is 3.36. The number of nitrogens with one attached hydrogen (secondary N) is 1. The minimum Gasteiger partial charge on any atom is -0.497 e. The average Bonchev–Trinajstić information content (AvgIpc) is 3.19. The SMILES string of the molecule is CCOC(=O)C(C)(Nc1ccc(OC)cc1)C1(C)CC1. The van der Waals surface area contributed by atoms with Crippen LogP contribution in [0.1, 0.15) is 33.6 Å². The third-order valence-corrected chi connectivity index (χ3v) is 4.38. The molecular weight excluding hydrogens is 254 g/mol. The van der Waals surface area contributed by atoms with Crippen LogP contribution in [0.4, 0.5) is 5.69 Å². The van der Waals surface area contributed by atoms with Gasteiger partial charge in [0.15, 0.2) is 0 Å². The number of hydrogen-bond donors (Lipinski definition) is 1. The van der Waals surface area contributed by atoms with Crippen LogP contribution >= 0.6 is 0 Å². The first-order valence-electron chi connectivity index (χ1n) is 7.04. The molecule has 1 fully saturated rings. The Morgan fingerprint density at radius 3 is 2.40 bits per heavy atom. The number of esters is 1. The molecule has 0 radical (unpaired) electrons. The van der Waals surface area contributed by atoms with E-state index in [2.05, 4.69) is 12.2 Å². The van der Waals surface area contributed by atoms with Crippen molar-refractivity contribution in [2.24, 2.45) is 5.41 Å². The molecule has 0 bridgehead atoms. The second kappa shape index (κ2) is 5.35. The molecule has 20 heavy (non-hydrogen) atoms. The normalized spacial score (nSPS) is 18.8. The Kier molecular flexibility index (Phi) is 3.93. The van der Waals surface area contributed by atoms with E-state index >= 15 is 0 Å². The predicted octanol–water partition coefficient (Wildman–Crippen LogP) is 3.23. The molecule has 1 unspecified atom stereocenters. The zero-order valence-electron chi connectivity index (χ0n) is 12.7. The second-order valence-electron chi connectivity index (χ2n) is 5.76. The van der Waals surface area contributed by atoms with Gasteiger partial charge in [-0.1, -0.05) is 6.92 Å². The fourth-order valence-electron chi connectivity index (χ4n) is 2.37. The molecule has 2 rings (SSSR count). The molecule has 1 aliphatic carbocycles. The van der Waals surface area contributed by atoms with Gasteiger partial charge in [0.25, 0.3) is 0 Å². The quantitative estimate of drug-likeness (QED) is 0.811. The number of hydrogen-bond acceptors (Lipinski definition) is 4. The zero-order valence-corrected chi connectivity index (χ0v) is 12.7. The van der Waals surface area contributed by atoms with E-state index in [1.165, 1.54) is 0 Å². The van der Waals surface area contributed by atoms with Crippen LogP contribution in [0, 0.1) is 5.41 Å². The van der Waals surface area contributed by atoms with Crippen molar-refractivity contribution in [1.82, 2.24) is 0 Å². The van der Waals surface area contributed by atoms with Crippen molar-refractivity contribution in [2.45, 2.75) is 39.2 Å². The molecule has 0 heterocycles. The van der Waals surface area contributed by atoms with Crippen molar-refractivity contribution in [1.29, 1.82) is 0 Å². The van der Waals surface area contributed by atoms with Gasteiger partial charge in [-0.25, -0.2) is 4.79 Å². The summed E-state index contributed by atoms with van der Waals surface area (Å²) >= 11 is 0. The Morgan fingerprint density at radius 1 is 1.35 bits per heavy atom. The summed E-state index contributed by atoms with van der Waals surface area (Å²) in [6.45, 7) is 6.29. The summed E-state index contributed by atoms with van der Waals surface area (Å²) in [5.74, 6) is 0.613. The van der Waals surface area contributed by atoms with Crippen LogP contribution in [0.3, 0.4) is 0 Å². The van der Waals surface area contributed by atoms with Crippen LogP contribution in [0.5, 0.6) is 5.75 Å². The van der Waals surface area contributed by atoms with Crippen LogP contribution in [-0.2, 0) is 9.53 Å². The number of benzene rings is 1. The molecule has 4 nitrogen and oxygen atoms in total. The Morgan fingerprint density at radius 2 is 1.95 bits per heavy atom. The highest BCUT2D eigenvalue weighted by molar-refractivity contribution is 5.86. The molecule has 0 saturated heterocycles. The minimum absolute atomic E-state index is 0.0425. The molecule has 1 atom stereocenters. The number of carbonyl (C=O) groups is 1.